The zero-order valence-electron chi connectivity index (χ0n) is 9.69. The highest BCUT2D eigenvalue weighted by atomic mass is 16.4. The summed E-state index contributed by atoms with van der Waals surface area (Å²) in [6.07, 6.45) is 1.42. The maximum atomic E-state index is 5.44. The maximum Gasteiger partial charge on any atom is 0.213 e. The van der Waals surface area contributed by atoms with Gasteiger partial charge in [-0.25, -0.2) is 20.8 Å². The predicted octanol–water partition coefficient (Wildman–Crippen LogP) is 0.979. The monoisotopic (exact) mass is 234 g/mol. The van der Waals surface area contributed by atoms with E-state index >= 15 is 0 Å². The molecule has 0 bridgehead atoms. The molecular formula is C10H14N6O. The number of hydrogen-bond donors (Lipinski definition) is 3. The molecule has 0 aliphatic rings. The number of nitrogens with one attached hydrogen (secondary N) is 2. The van der Waals surface area contributed by atoms with Gasteiger partial charge in [0.05, 0.1) is 12.2 Å². The molecule has 0 aromatic carbocycles. The highest BCUT2D eigenvalue weighted by Gasteiger charge is 2.05. The summed E-state index contributed by atoms with van der Waals surface area (Å²) in [5.41, 5.74) is 3.35. The molecule has 0 amide bonds. The normalized spacial score (nSPS) is 10.3. The highest BCUT2D eigenvalue weighted by molar-refractivity contribution is 5.45. The van der Waals surface area contributed by atoms with Gasteiger partial charge >= 0.3 is 0 Å². The van der Waals surface area contributed by atoms with Gasteiger partial charge in [0, 0.05) is 6.07 Å². The second-order valence-corrected chi connectivity index (χ2v) is 3.54. The van der Waals surface area contributed by atoms with Crippen LogP contribution >= 0.6 is 0 Å². The first-order chi connectivity index (χ1) is 8.19. The first kappa shape index (κ1) is 11.3. The lowest BCUT2D eigenvalue weighted by Gasteiger charge is -2.04. The van der Waals surface area contributed by atoms with Gasteiger partial charge in [-0.1, -0.05) is 0 Å². The Morgan fingerprint density at radius 2 is 2.06 bits per heavy atom. The van der Waals surface area contributed by atoms with Crippen molar-refractivity contribution in [3.63, 3.8) is 0 Å². The molecule has 2 heterocycles. The van der Waals surface area contributed by atoms with Gasteiger partial charge in [0.2, 0.25) is 5.89 Å². The molecule has 0 aliphatic carbocycles. The van der Waals surface area contributed by atoms with Gasteiger partial charge in [-0.2, -0.15) is 0 Å². The van der Waals surface area contributed by atoms with E-state index in [4.69, 9.17) is 10.3 Å². The lowest BCUT2D eigenvalue weighted by molar-refractivity contribution is 0.478. The zero-order valence-corrected chi connectivity index (χ0v) is 9.69. The lowest BCUT2D eigenvalue weighted by Crippen LogP contribution is -2.10. The van der Waals surface area contributed by atoms with Crippen molar-refractivity contribution in [1.82, 2.24) is 15.0 Å². The molecule has 4 N–H and O–H groups in total. The van der Waals surface area contributed by atoms with E-state index in [0.29, 0.717) is 24.1 Å². The van der Waals surface area contributed by atoms with E-state index in [1.807, 2.05) is 13.8 Å². The van der Waals surface area contributed by atoms with E-state index in [2.05, 4.69) is 25.7 Å². The van der Waals surface area contributed by atoms with E-state index in [1.165, 1.54) is 6.33 Å². The van der Waals surface area contributed by atoms with Gasteiger partial charge in [0.25, 0.3) is 0 Å². The third kappa shape index (κ3) is 2.70. The number of nitrogen functional groups attached to an aromatic ring is 1. The first-order valence-corrected chi connectivity index (χ1v) is 5.14. The molecule has 7 heteroatoms. The topological polar surface area (TPSA) is 102 Å². The van der Waals surface area contributed by atoms with E-state index in [9.17, 15) is 0 Å². The summed E-state index contributed by atoms with van der Waals surface area (Å²) in [5.74, 6) is 7.90. The van der Waals surface area contributed by atoms with Crippen molar-refractivity contribution in [3.05, 3.63) is 29.7 Å². The quantitative estimate of drug-likeness (QED) is 0.535. The van der Waals surface area contributed by atoms with Crippen molar-refractivity contribution in [1.29, 1.82) is 0 Å². The van der Waals surface area contributed by atoms with Crippen molar-refractivity contribution in [3.8, 4) is 0 Å². The second-order valence-electron chi connectivity index (χ2n) is 3.54. The van der Waals surface area contributed by atoms with Crippen LogP contribution in [-0.4, -0.2) is 15.0 Å². The predicted molar refractivity (Wildman–Crippen MR) is 63.1 cm³/mol. The van der Waals surface area contributed by atoms with Gasteiger partial charge in [0.1, 0.15) is 23.7 Å². The molecule has 0 unspecified atom stereocenters. The van der Waals surface area contributed by atoms with Crippen LogP contribution in [0, 0.1) is 13.8 Å². The standard InChI is InChI=1S/C10H14N6O/c1-6-7(2)17-10(15-6)4-12-8-3-9(16-11)14-5-13-8/h3,5H,4,11H2,1-2H3,(H2,12,13,14,16). The molecule has 0 fully saturated rings. The molecule has 0 spiro atoms. The van der Waals surface area contributed by atoms with Crippen LogP contribution in [0.3, 0.4) is 0 Å². The van der Waals surface area contributed by atoms with Crippen molar-refractivity contribution in [2.24, 2.45) is 5.84 Å². The van der Waals surface area contributed by atoms with Gasteiger partial charge in [-0.15, -0.1) is 0 Å². The Bertz CT molecular complexity index is 490. The number of aromatic nitrogens is 3. The zero-order chi connectivity index (χ0) is 12.3. The SMILES string of the molecule is Cc1nc(CNc2cc(NN)ncn2)oc1C. The first-order valence-electron chi connectivity index (χ1n) is 5.14. The van der Waals surface area contributed by atoms with Crippen molar-refractivity contribution >= 4 is 11.6 Å². The molecule has 90 valence electrons. The van der Waals surface area contributed by atoms with Crippen LogP contribution < -0.4 is 16.6 Å². The summed E-state index contributed by atoms with van der Waals surface area (Å²) in [4.78, 5) is 12.2. The average molecular weight is 234 g/mol. The minimum absolute atomic E-state index is 0.468. The minimum atomic E-state index is 0.468. The Morgan fingerprint density at radius 3 is 2.71 bits per heavy atom. The smallest absolute Gasteiger partial charge is 0.213 e. The molecule has 0 saturated heterocycles. The van der Waals surface area contributed by atoms with E-state index < -0.39 is 0 Å². The summed E-state index contributed by atoms with van der Waals surface area (Å²) in [5, 5.41) is 3.07. The number of anilines is 2. The van der Waals surface area contributed by atoms with Crippen LogP contribution in [0.15, 0.2) is 16.8 Å². The van der Waals surface area contributed by atoms with Gasteiger partial charge < -0.3 is 15.2 Å². The number of aryl methyl sites for hydroxylation is 2. The summed E-state index contributed by atoms with van der Waals surface area (Å²) < 4.78 is 5.44. The van der Waals surface area contributed by atoms with Crippen LogP contribution in [0.1, 0.15) is 17.3 Å². The van der Waals surface area contributed by atoms with Crippen LogP contribution in [0.5, 0.6) is 0 Å². The molecule has 2 rings (SSSR count). The van der Waals surface area contributed by atoms with Crippen molar-refractivity contribution < 1.29 is 4.42 Å². The maximum absolute atomic E-state index is 5.44. The minimum Gasteiger partial charge on any atom is -0.444 e. The molecule has 17 heavy (non-hydrogen) atoms. The third-order valence-electron chi connectivity index (χ3n) is 2.31. The summed E-state index contributed by atoms with van der Waals surface area (Å²) in [6.45, 7) is 4.26. The van der Waals surface area contributed by atoms with Crippen LogP contribution in [0.25, 0.3) is 0 Å². The molecule has 0 saturated carbocycles. The Morgan fingerprint density at radius 1 is 1.29 bits per heavy atom. The number of nitrogens with two attached hydrogens (primary N) is 1. The summed E-state index contributed by atoms with van der Waals surface area (Å²) >= 11 is 0. The Hall–Kier alpha value is -2.15. The molecule has 2 aromatic rings. The average Bonchev–Trinajstić information content (AvgIpc) is 2.67. The van der Waals surface area contributed by atoms with Crippen LogP contribution in [0.2, 0.25) is 0 Å². The van der Waals surface area contributed by atoms with E-state index in [1.54, 1.807) is 6.07 Å². The molecule has 7 nitrogen and oxygen atoms in total. The third-order valence-corrected chi connectivity index (χ3v) is 2.31. The van der Waals surface area contributed by atoms with Gasteiger partial charge in [-0.3, -0.25) is 0 Å². The van der Waals surface area contributed by atoms with E-state index in [-0.39, 0.29) is 0 Å². The fourth-order valence-corrected chi connectivity index (χ4v) is 1.31. The van der Waals surface area contributed by atoms with Crippen molar-refractivity contribution in [2.75, 3.05) is 10.7 Å². The Kier molecular flexibility index (Phi) is 3.20. The fourth-order valence-electron chi connectivity index (χ4n) is 1.31. The van der Waals surface area contributed by atoms with Crippen LogP contribution in [0.4, 0.5) is 11.6 Å². The fraction of sp³-hybridized carbons (Fsp3) is 0.300. The largest absolute Gasteiger partial charge is 0.444 e. The number of hydrogen-bond acceptors (Lipinski definition) is 7. The van der Waals surface area contributed by atoms with Gasteiger partial charge in [-0.05, 0) is 13.8 Å². The molecule has 0 atom stereocenters. The number of rotatable bonds is 4. The van der Waals surface area contributed by atoms with Crippen LogP contribution in [-0.2, 0) is 6.54 Å². The summed E-state index contributed by atoms with van der Waals surface area (Å²) in [7, 11) is 0. The Balaban J connectivity index is 2.01. The lowest BCUT2D eigenvalue weighted by atomic mass is 10.4. The second kappa shape index (κ2) is 4.79. The number of hydrazine groups is 1. The molecule has 2 aromatic heterocycles. The Labute approximate surface area is 98.4 Å². The van der Waals surface area contributed by atoms with E-state index in [0.717, 1.165) is 11.5 Å². The number of nitrogens with zero attached hydrogens (tertiary/aromatic N) is 3. The molecule has 0 radical (unpaired) electrons. The number of oxazole rings is 1. The van der Waals surface area contributed by atoms with Gasteiger partial charge in [0.15, 0.2) is 0 Å². The van der Waals surface area contributed by atoms with Crippen molar-refractivity contribution in [2.45, 2.75) is 20.4 Å². The highest BCUT2D eigenvalue weighted by Crippen LogP contribution is 2.11. The molecular weight excluding hydrogens is 220 g/mol. The summed E-state index contributed by atoms with van der Waals surface area (Å²) in [6, 6.07) is 1.70. The molecule has 0 aliphatic heterocycles.